The van der Waals surface area contributed by atoms with Gasteiger partial charge < -0.3 is 0 Å². The molecule has 21 heavy (non-hydrogen) atoms. The van der Waals surface area contributed by atoms with Gasteiger partial charge >= 0.3 is 0 Å². The topological polar surface area (TPSA) is 17.1 Å². The maximum absolute atomic E-state index is 13.3. The van der Waals surface area contributed by atoms with Crippen molar-refractivity contribution in [3.8, 4) is 0 Å². The van der Waals surface area contributed by atoms with Crippen LogP contribution in [0, 0.1) is 11.7 Å². The van der Waals surface area contributed by atoms with Crippen LogP contribution in [0.2, 0.25) is 5.02 Å². The van der Waals surface area contributed by atoms with Crippen molar-refractivity contribution in [2.45, 2.75) is 25.7 Å². The second kappa shape index (κ2) is 5.98. The van der Waals surface area contributed by atoms with E-state index in [1.165, 1.54) is 29.3 Å². The van der Waals surface area contributed by atoms with E-state index in [1.807, 2.05) is 12.1 Å². The van der Waals surface area contributed by atoms with Gasteiger partial charge in [-0.05, 0) is 54.2 Å². The lowest BCUT2D eigenvalue weighted by Crippen LogP contribution is -2.24. The van der Waals surface area contributed by atoms with E-state index in [9.17, 15) is 9.18 Å². The predicted molar refractivity (Wildman–Crippen MR) is 82.1 cm³/mol. The molecule has 0 N–H and O–H groups in total. The fourth-order valence-electron chi connectivity index (χ4n) is 2.98. The number of rotatable bonds is 3. The highest BCUT2D eigenvalue weighted by atomic mass is 35.5. The largest absolute Gasteiger partial charge is 0.299 e. The Balaban J connectivity index is 1.74. The van der Waals surface area contributed by atoms with Crippen LogP contribution in [0.15, 0.2) is 42.5 Å². The molecule has 0 radical (unpaired) electrons. The van der Waals surface area contributed by atoms with Crippen molar-refractivity contribution >= 4 is 17.4 Å². The number of carbonyl (C=O) groups excluding carboxylic acids is 1. The lowest BCUT2D eigenvalue weighted by Gasteiger charge is -2.23. The molecule has 1 nitrogen and oxygen atoms in total. The third kappa shape index (κ3) is 3.16. The summed E-state index contributed by atoms with van der Waals surface area (Å²) in [7, 11) is 0. The van der Waals surface area contributed by atoms with Gasteiger partial charge in [0.15, 0.2) is 0 Å². The van der Waals surface area contributed by atoms with Gasteiger partial charge in [0.05, 0.1) is 0 Å². The van der Waals surface area contributed by atoms with Crippen molar-refractivity contribution in [2.24, 2.45) is 5.92 Å². The minimum absolute atomic E-state index is 0.0132. The van der Waals surface area contributed by atoms with Gasteiger partial charge in [-0.1, -0.05) is 35.9 Å². The number of ketones is 1. The van der Waals surface area contributed by atoms with Crippen molar-refractivity contribution in [3.63, 3.8) is 0 Å². The third-order valence-corrected chi connectivity index (χ3v) is 4.54. The zero-order valence-corrected chi connectivity index (χ0v) is 12.4. The number of hydrogen-bond donors (Lipinski definition) is 0. The summed E-state index contributed by atoms with van der Waals surface area (Å²) in [5.74, 6) is -0.188. The molecule has 0 fully saturated rings. The van der Waals surface area contributed by atoms with Crippen LogP contribution in [-0.4, -0.2) is 5.78 Å². The summed E-state index contributed by atoms with van der Waals surface area (Å²) >= 11 is 6.04. The number of halogens is 2. The number of aryl methyl sites for hydroxylation is 1. The maximum Gasteiger partial charge on any atom is 0.140 e. The first-order valence-electron chi connectivity index (χ1n) is 7.17. The molecule has 108 valence electrons. The lowest BCUT2D eigenvalue weighted by molar-refractivity contribution is -0.122. The molecule has 2 aromatic carbocycles. The van der Waals surface area contributed by atoms with Gasteiger partial charge in [0, 0.05) is 17.4 Å². The molecule has 0 aliphatic heterocycles. The van der Waals surface area contributed by atoms with Gasteiger partial charge in [0.1, 0.15) is 11.6 Å². The Labute approximate surface area is 128 Å². The van der Waals surface area contributed by atoms with Crippen LogP contribution in [0.25, 0.3) is 0 Å². The Kier molecular flexibility index (Phi) is 4.07. The first kappa shape index (κ1) is 14.3. The number of fused-ring (bicyclic) bond motifs is 1. The fourth-order valence-corrected chi connectivity index (χ4v) is 3.17. The predicted octanol–water partition coefficient (Wildman–Crippen LogP) is 4.40. The summed E-state index contributed by atoms with van der Waals surface area (Å²) in [4.78, 5) is 12.5. The van der Waals surface area contributed by atoms with E-state index < -0.39 is 0 Å². The average Bonchev–Trinajstić information content (AvgIpc) is 2.50. The van der Waals surface area contributed by atoms with Crippen LogP contribution >= 0.6 is 11.6 Å². The minimum Gasteiger partial charge on any atom is -0.299 e. The Hall–Kier alpha value is -1.67. The van der Waals surface area contributed by atoms with Gasteiger partial charge in [-0.25, -0.2) is 4.39 Å². The summed E-state index contributed by atoms with van der Waals surface area (Å²) in [5, 5.41) is 0.459. The van der Waals surface area contributed by atoms with Crippen LogP contribution < -0.4 is 0 Å². The standard InChI is InChI=1S/C18H16ClFO/c19-17-8-7-16(20)10-15(17)11-18(21)14-6-5-12-3-1-2-4-13(12)9-14/h1-4,7-8,10,14H,5-6,9,11H2. The van der Waals surface area contributed by atoms with Crippen molar-refractivity contribution in [1.82, 2.24) is 0 Å². The highest BCUT2D eigenvalue weighted by Crippen LogP contribution is 2.28. The third-order valence-electron chi connectivity index (χ3n) is 4.17. The van der Waals surface area contributed by atoms with Gasteiger partial charge in [-0.2, -0.15) is 0 Å². The highest BCUT2D eigenvalue weighted by molar-refractivity contribution is 6.31. The van der Waals surface area contributed by atoms with E-state index in [1.54, 1.807) is 0 Å². The zero-order chi connectivity index (χ0) is 14.8. The molecule has 0 heterocycles. The van der Waals surface area contributed by atoms with E-state index in [0.29, 0.717) is 10.6 Å². The smallest absolute Gasteiger partial charge is 0.140 e. The van der Waals surface area contributed by atoms with E-state index in [0.717, 1.165) is 19.3 Å². The summed E-state index contributed by atoms with van der Waals surface area (Å²) in [6.45, 7) is 0. The van der Waals surface area contributed by atoms with E-state index >= 15 is 0 Å². The molecule has 0 amide bonds. The second-order valence-corrected chi connectivity index (χ2v) is 5.99. The summed E-state index contributed by atoms with van der Waals surface area (Å²) < 4.78 is 13.3. The molecule has 0 saturated carbocycles. The SMILES string of the molecule is O=C(Cc1cc(F)ccc1Cl)C1CCc2ccccc2C1. The van der Waals surface area contributed by atoms with Gasteiger partial charge in [0.25, 0.3) is 0 Å². The van der Waals surface area contributed by atoms with Crippen LogP contribution in [0.1, 0.15) is 23.1 Å². The molecule has 1 aliphatic carbocycles. The fraction of sp³-hybridized carbons (Fsp3) is 0.278. The quantitative estimate of drug-likeness (QED) is 0.821. The first-order chi connectivity index (χ1) is 10.1. The normalized spacial score (nSPS) is 17.3. The van der Waals surface area contributed by atoms with Crippen LogP contribution in [-0.2, 0) is 24.1 Å². The monoisotopic (exact) mass is 302 g/mol. The van der Waals surface area contributed by atoms with E-state index in [2.05, 4.69) is 12.1 Å². The van der Waals surface area contributed by atoms with Gasteiger partial charge in [0.2, 0.25) is 0 Å². The average molecular weight is 303 g/mol. The molecule has 0 bridgehead atoms. The maximum atomic E-state index is 13.3. The van der Waals surface area contributed by atoms with Crippen LogP contribution in [0.4, 0.5) is 4.39 Å². The molecule has 1 atom stereocenters. The number of Topliss-reactive ketones (excluding diaryl/α,β-unsaturated/α-hetero) is 1. The second-order valence-electron chi connectivity index (χ2n) is 5.59. The summed E-state index contributed by atoms with van der Waals surface area (Å²) in [6.07, 6.45) is 2.79. The Morgan fingerprint density at radius 1 is 1.19 bits per heavy atom. The van der Waals surface area contributed by atoms with Gasteiger partial charge in [-0.3, -0.25) is 4.79 Å². The Bertz CT molecular complexity index is 681. The lowest BCUT2D eigenvalue weighted by atomic mass is 9.80. The molecule has 0 spiro atoms. The van der Waals surface area contributed by atoms with Crippen LogP contribution in [0.5, 0.6) is 0 Å². The molecule has 3 heteroatoms. The molecule has 3 rings (SSSR count). The number of hydrogen-bond acceptors (Lipinski definition) is 1. The Morgan fingerprint density at radius 3 is 2.76 bits per heavy atom. The molecule has 1 unspecified atom stereocenters. The molecule has 0 aromatic heterocycles. The van der Waals surface area contributed by atoms with E-state index in [-0.39, 0.29) is 23.9 Å². The molecular weight excluding hydrogens is 287 g/mol. The van der Waals surface area contributed by atoms with Crippen molar-refractivity contribution < 1.29 is 9.18 Å². The van der Waals surface area contributed by atoms with Gasteiger partial charge in [-0.15, -0.1) is 0 Å². The minimum atomic E-state index is -0.351. The molecule has 0 saturated heterocycles. The van der Waals surface area contributed by atoms with Crippen LogP contribution in [0.3, 0.4) is 0 Å². The zero-order valence-electron chi connectivity index (χ0n) is 11.6. The number of carbonyl (C=O) groups is 1. The molecule has 1 aliphatic rings. The van der Waals surface area contributed by atoms with Crippen molar-refractivity contribution in [2.75, 3.05) is 0 Å². The first-order valence-corrected chi connectivity index (χ1v) is 7.54. The summed E-state index contributed by atoms with van der Waals surface area (Å²) in [6, 6.07) is 12.4. The summed E-state index contributed by atoms with van der Waals surface area (Å²) in [5.41, 5.74) is 3.18. The molecular formula is C18H16ClFO. The Morgan fingerprint density at radius 2 is 1.95 bits per heavy atom. The van der Waals surface area contributed by atoms with E-state index in [4.69, 9.17) is 11.6 Å². The molecule has 2 aromatic rings. The van der Waals surface area contributed by atoms with Crippen molar-refractivity contribution in [1.29, 1.82) is 0 Å². The van der Waals surface area contributed by atoms with Crippen molar-refractivity contribution in [3.05, 3.63) is 70.0 Å². The number of benzene rings is 2. The highest BCUT2D eigenvalue weighted by Gasteiger charge is 2.24.